The summed E-state index contributed by atoms with van der Waals surface area (Å²) in [5.41, 5.74) is 6.91. The molecular weight excluding hydrogens is 152 g/mol. The van der Waals surface area contributed by atoms with Crippen LogP contribution in [0.5, 0.6) is 0 Å². The smallest absolute Gasteiger partial charge is 0.246 e. The molecule has 1 saturated heterocycles. The molecule has 3 nitrogen and oxygen atoms in total. The molecule has 3 heteroatoms. The van der Waals surface area contributed by atoms with Crippen LogP contribution in [0.25, 0.3) is 0 Å². The minimum Gasteiger partial charge on any atom is -0.375 e. The zero-order valence-corrected chi connectivity index (χ0v) is 7.76. The molecule has 12 heavy (non-hydrogen) atoms. The van der Waals surface area contributed by atoms with Crippen LogP contribution in [-0.4, -0.2) is 23.9 Å². The zero-order chi connectivity index (χ0) is 9.14. The molecule has 0 aliphatic carbocycles. The molecule has 0 atom stereocenters. The standard InChI is InChI=1S/C9H16N2O/c1-7(9(10)12)8(2)11-5-3-4-6-11/h3-6H2,1-2H3,(H2,10,12)/b8-7-. The minimum atomic E-state index is -0.306. The van der Waals surface area contributed by atoms with Gasteiger partial charge >= 0.3 is 0 Å². The van der Waals surface area contributed by atoms with Crippen LogP contribution in [0.3, 0.4) is 0 Å². The van der Waals surface area contributed by atoms with Crippen molar-refractivity contribution in [1.82, 2.24) is 4.90 Å². The van der Waals surface area contributed by atoms with Crippen LogP contribution in [-0.2, 0) is 4.79 Å². The molecule has 0 radical (unpaired) electrons. The number of amides is 1. The Hall–Kier alpha value is -0.990. The van der Waals surface area contributed by atoms with Crippen molar-refractivity contribution in [3.05, 3.63) is 11.3 Å². The number of nitrogens with two attached hydrogens (primary N) is 1. The number of nitrogens with zero attached hydrogens (tertiary/aromatic N) is 1. The highest BCUT2D eigenvalue weighted by atomic mass is 16.1. The van der Waals surface area contributed by atoms with E-state index >= 15 is 0 Å². The van der Waals surface area contributed by atoms with Gasteiger partial charge in [0, 0.05) is 24.4 Å². The van der Waals surface area contributed by atoms with Gasteiger partial charge in [-0.2, -0.15) is 0 Å². The summed E-state index contributed by atoms with van der Waals surface area (Å²) in [6, 6.07) is 0. The summed E-state index contributed by atoms with van der Waals surface area (Å²) in [4.78, 5) is 13.1. The molecule has 1 amide bonds. The predicted molar refractivity (Wildman–Crippen MR) is 48.4 cm³/mol. The van der Waals surface area contributed by atoms with Crippen LogP contribution in [0, 0.1) is 0 Å². The highest BCUT2D eigenvalue weighted by Crippen LogP contribution is 2.16. The van der Waals surface area contributed by atoms with Crippen molar-refractivity contribution < 1.29 is 4.79 Å². The van der Waals surface area contributed by atoms with Crippen LogP contribution < -0.4 is 5.73 Å². The number of rotatable bonds is 2. The van der Waals surface area contributed by atoms with Crippen molar-refractivity contribution >= 4 is 5.91 Å². The molecule has 1 rings (SSSR count). The maximum absolute atomic E-state index is 10.8. The summed E-state index contributed by atoms with van der Waals surface area (Å²) in [6.07, 6.45) is 2.45. The van der Waals surface area contributed by atoms with Crippen molar-refractivity contribution in [2.45, 2.75) is 26.7 Å². The Kier molecular flexibility index (Phi) is 2.74. The Morgan fingerprint density at radius 3 is 2.17 bits per heavy atom. The Morgan fingerprint density at radius 1 is 1.25 bits per heavy atom. The van der Waals surface area contributed by atoms with E-state index in [1.165, 1.54) is 12.8 Å². The van der Waals surface area contributed by atoms with Crippen LogP contribution in [0.15, 0.2) is 11.3 Å². The Morgan fingerprint density at radius 2 is 1.75 bits per heavy atom. The predicted octanol–water partition coefficient (Wildman–Crippen LogP) is 0.861. The van der Waals surface area contributed by atoms with E-state index in [0.717, 1.165) is 18.8 Å². The summed E-state index contributed by atoms with van der Waals surface area (Å²) in [6.45, 7) is 5.88. The van der Waals surface area contributed by atoms with E-state index in [1.807, 2.05) is 6.92 Å². The number of hydrogen-bond donors (Lipinski definition) is 1. The van der Waals surface area contributed by atoms with Gasteiger partial charge in [-0.25, -0.2) is 0 Å². The zero-order valence-electron chi connectivity index (χ0n) is 7.76. The second-order valence-electron chi connectivity index (χ2n) is 3.27. The van der Waals surface area contributed by atoms with E-state index in [1.54, 1.807) is 6.92 Å². The summed E-state index contributed by atoms with van der Waals surface area (Å²) in [5, 5.41) is 0. The van der Waals surface area contributed by atoms with Gasteiger partial charge in [-0.3, -0.25) is 4.79 Å². The van der Waals surface area contributed by atoms with Crippen LogP contribution in [0.2, 0.25) is 0 Å². The molecule has 0 spiro atoms. The maximum atomic E-state index is 10.8. The quantitative estimate of drug-likeness (QED) is 0.622. The van der Waals surface area contributed by atoms with Gasteiger partial charge in [0.25, 0.3) is 0 Å². The summed E-state index contributed by atoms with van der Waals surface area (Å²) < 4.78 is 0. The van der Waals surface area contributed by atoms with E-state index in [4.69, 9.17) is 5.73 Å². The second-order valence-corrected chi connectivity index (χ2v) is 3.27. The Labute approximate surface area is 73.2 Å². The fourth-order valence-corrected chi connectivity index (χ4v) is 1.47. The third-order valence-electron chi connectivity index (χ3n) is 2.49. The summed E-state index contributed by atoms with van der Waals surface area (Å²) in [5.74, 6) is -0.306. The lowest BCUT2D eigenvalue weighted by Crippen LogP contribution is -2.22. The molecule has 0 aromatic carbocycles. The molecule has 0 bridgehead atoms. The van der Waals surface area contributed by atoms with Crippen LogP contribution in [0.1, 0.15) is 26.7 Å². The molecule has 0 unspecified atom stereocenters. The molecule has 0 aromatic heterocycles. The van der Waals surface area contributed by atoms with Gasteiger partial charge in [-0.1, -0.05) is 0 Å². The Balaban J connectivity index is 2.72. The lowest BCUT2D eigenvalue weighted by molar-refractivity contribution is -0.114. The molecule has 68 valence electrons. The first kappa shape index (κ1) is 9.10. The number of hydrogen-bond acceptors (Lipinski definition) is 2. The normalized spacial score (nSPS) is 19.3. The van der Waals surface area contributed by atoms with Crippen molar-refractivity contribution in [3.63, 3.8) is 0 Å². The molecule has 1 aliphatic heterocycles. The summed E-state index contributed by atoms with van der Waals surface area (Å²) in [7, 11) is 0. The third-order valence-corrected chi connectivity index (χ3v) is 2.49. The maximum Gasteiger partial charge on any atom is 0.246 e. The number of carbonyl (C=O) groups is 1. The molecule has 0 aromatic rings. The molecular formula is C9H16N2O. The van der Waals surface area contributed by atoms with Gasteiger partial charge in [0.2, 0.25) is 5.91 Å². The van der Waals surface area contributed by atoms with E-state index < -0.39 is 0 Å². The number of allylic oxidation sites excluding steroid dienone is 1. The van der Waals surface area contributed by atoms with Crippen molar-refractivity contribution in [3.8, 4) is 0 Å². The monoisotopic (exact) mass is 168 g/mol. The van der Waals surface area contributed by atoms with Crippen LogP contribution >= 0.6 is 0 Å². The molecule has 1 fully saturated rings. The van der Waals surface area contributed by atoms with Gasteiger partial charge in [0.15, 0.2) is 0 Å². The SMILES string of the molecule is C/C(C(N)=O)=C(\C)N1CCCC1. The van der Waals surface area contributed by atoms with E-state index in [-0.39, 0.29) is 5.91 Å². The molecule has 1 heterocycles. The first-order chi connectivity index (χ1) is 5.63. The fourth-order valence-electron chi connectivity index (χ4n) is 1.47. The first-order valence-electron chi connectivity index (χ1n) is 4.35. The summed E-state index contributed by atoms with van der Waals surface area (Å²) >= 11 is 0. The molecule has 0 saturated carbocycles. The molecule has 1 aliphatic rings. The number of carbonyl (C=O) groups excluding carboxylic acids is 1. The Bertz CT molecular complexity index is 215. The highest BCUT2D eigenvalue weighted by molar-refractivity contribution is 5.91. The van der Waals surface area contributed by atoms with Gasteiger partial charge in [0.05, 0.1) is 0 Å². The largest absolute Gasteiger partial charge is 0.375 e. The number of likely N-dealkylation sites (tertiary alicyclic amines) is 1. The lowest BCUT2D eigenvalue weighted by atomic mass is 10.2. The average molecular weight is 168 g/mol. The van der Waals surface area contributed by atoms with E-state index in [0.29, 0.717) is 5.57 Å². The van der Waals surface area contributed by atoms with E-state index in [9.17, 15) is 4.79 Å². The van der Waals surface area contributed by atoms with Crippen LogP contribution in [0.4, 0.5) is 0 Å². The lowest BCUT2D eigenvalue weighted by Gasteiger charge is -2.19. The van der Waals surface area contributed by atoms with Crippen molar-refractivity contribution in [1.29, 1.82) is 0 Å². The van der Waals surface area contributed by atoms with Gasteiger partial charge in [-0.05, 0) is 26.7 Å². The van der Waals surface area contributed by atoms with Crippen molar-refractivity contribution in [2.24, 2.45) is 5.73 Å². The van der Waals surface area contributed by atoms with Crippen molar-refractivity contribution in [2.75, 3.05) is 13.1 Å². The van der Waals surface area contributed by atoms with E-state index in [2.05, 4.69) is 4.90 Å². The fraction of sp³-hybridized carbons (Fsp3) is 0.667. The second kappa shape index (κ2) is 3.61. The average Bonchev–Trinajstić information content (AvgIpc) is 2.53. The topological polar surface area (TPSA) is 46.3 Å². The molecule has 2 N–H and O–H groups in total. The minimum absolute atomic E-state index is 0.306. The third kappa shape index (κ3) is 1.78. The number of primary amides is 1. The van der Waals surface area contributed by atoms with Gasteiger partial charge < -0.3 is 10.6 Å². The van der Waals surface area contributed by atoms with Gasteiger partial charge in [-0.15, -0.1) is 0 Å². The van der Waals surface area contributed by atoms with Gasteiger partial charge in [0.1, 0.15) is 0 Å². The highest BCUT2D eigenvalue weighted by Gasteiger charge is 2.14. The first-order valence-corrected chi connectivity index (χ1v) is 4.35.